The molecular formula is C12H22BN3O4S. The molecule has 0 unspecified atom stereocenters. The number of hydrogen-bond donors (Lipinski definition) is 1. The predicted molar refractivity (Wildman–Crippen MR) is 82.0 cm³/mol. The smallest absolute Gasteiger partial charge is 0.399 e. The van der Waals surface area contributed by atoms with Crippen LogP contribution in [-0.2, 0) is 26.4 Å². The van der Waals surface area contributed by atoms with Crippen molar-refractivity contribution in [3.63, 3.8) is 0 Å². The van der Waals surface area contributed by atoms with Gasteiger partial charge in [0.1, 0.15) is 0 Å². The SMILES string of the molecule is CCS(=O)(=O)Nc1nn(C)cc1B1OC(C)(C)C(C)(C)O1. The van der Waals surface area contributed by atoms with E-state index in [1.54, 1.807) is 20.2 Å². The van der Waals surface area contributed by atoms with E-state index in [2.05, 4.69) is 9.82 Å². The monoisotopic (exact) mass is 315 g/mol. The lowest BCUT2D eigenvalue weighted by Gasteiger charge is -2.32. The van der Waals surface area contributed by atoms with Gasteiger partial charge in [0, 0.05) is 18.7 Å². The molecule has 0 bridgehead atoms. The van der Waals surface area contributed by atoms with Crippen LogP contribution >= 0.6 is 0 Å². The van der Waals surface area contributed by atoms with Gasteiger partial charge in [-0.2, -0.15) is 5.10 Å². The minimum Gasteiger partial charge on any atom is -0.399 e. The highest BCUT2D eigenvalue weighted by Gasteiger charge is 2.53. The third kappa shape index (κ3) is 3.09. The van der Waals surface area contributed by atoms with Gasteiger partial charge in [0.15, 0.2) is 5.82 Å². The van der Waals surface area contributed by atoms with Crippen molar-refractivity contribution in [1.82, 2.24) is 9.78 Å². The van der Waals surface area contributed by atoms with Crippen molar-refractivity contribution in [2.24, 2.45) is 7.05 Å². The summed E-state index contributed by atoms with van der Waals surface area (Å²) in [5.74, 6) is 0.227. The van der Waals surface area contributed by atoms with Gasteiger partial charge in [-0.05, 0) is 34.6 Å². The molecule has 0 radical (unpaired) electrons. The molecule has 1 aromatic heterocycles. The number of hydrogen-bond acceptors (Lipinski definition) is 5. The van der Waals surface area contributed by atoms with E-state index >= 15 is 0 Å². The highest BCUT2D eigenvalue weighted by molar-refractivity contribution is 7.92. The first-order valence-electron chi connectivity index (χ1n) is 6.87. The van der Waals surface area contributed by atoms with Crippen molar-refractivity contribution >= 4 is 28.4 Å². The van der Waals surface area contributed by atoms with Gasteiger partial charge in [-0.1, -0.05) is 0 Å². The molecule has 0 atom stereocenters. The van der Waals surface area contributed by atoms with Gasteiger partial charge in [-0.25, -0.2) is 8.42 Å². The molecule has 1 aliphatic rings. The number of sulfonamides is 1. The third-order valence-electron chi connectivity index (χ3n) is 4.00. The Morgan fingerprint density at radius 3 is 2.29 bits per heavy atom. The van der Waals surface area contributed by atoms with E-state index in [0.29, 0.717) is 5.46 Å². The number of aromatic nitrogens is 2. The summed E-state index contributed by atoms with van der Waals surface area (Å²) in [6, 6.07) is 0. The second kappa shape index (κ2) is 5.00. The van der Waals surface area contributed by atoms with Crippen LogP contribution in [0, 0.1) is 0 Å². The van der Waals surface area contributed by atoms with E-state index in [1.807, 2.05) is 27.7 Å². The number of aryl methyl sites for hydroxylation is 1. The fraction of sp³-hybridized carbons (Fsp3) is 0.750. The van der Waals surface area contributed by atoms with Crippen LogP contribution in [0.1, 0.15) is 34.6 Å². The van der Waals surface area contributed by atoms with Crippen molar-refractivity contribution in [2.45, 2.75) is 45.8 Å². The van der Waals surface area contributed by atoms with E-state index in [1.165, 1.54) is 4.68 Å². The topological polar surface area (TPSA) is 82.5 Å². The van der Waals surface area contributed by atoms with E-state index in [4.69, 9.17) is 9.31 Å². The molecule has 2 rings (SSSR count). The quantitative estimate of drug-likeness (QED) is 0.817. The van der Waals surface area contributed by atoms with Gasteiger partial charge in [0.05, 0.1) is 17.0 Å². The largest absolute Gasteiger partial charge is 0.500 e. The molecule has 1 fully saturated rings. The Labute approximate surface area is 126 Å². The number of anilines is 1. The Morgan fingerprint density at radius 2 is 1.81 bits per heavy atom. The molecule has 0 saturated carbocycles. The molecule has 1 aliphatic heterocycles. The zero-order chi connectivity index (χ0) is 16.1. The van der Waals surface area contributed by atoms with Crippen LogP contribution < -0.4 is 10.2 Å². The number of rotatable bonds is 4. The molecular weight excluding hydrogens is 293 g/mol. The first-order chi connectivity index (χ1) is 9.47. The van der Waals surface area contributed by atoms with Crippen molar-refractivity contribution in [3.8, 4) is 0 Å². The fourth-order valence-corrected chi connectivity index (χ4v) is 2.55. The molecule has 1 aromatic rings. The maximum absolute atomic E-state index is 11.8. The second-order valence-electron chi connectivity index (χ2n) is 6.20. The first kappa shape index (κ1) is 16.3. The summed E-state index contributed by atoms with van der Waals surface area (Å²) in [4.78, 5) is 0. The molecule has 1 saturated heterocycles. The van der Waals surface area contributed by atoms with E-state index < -0.39 is 28.3 Å². The fourth-order valence-electron chi connectivity index (χ4n) is 1.95. The van der Waals surface area contributed by atoms with E-state index in [-0.39, 0.29) is 11.6 Å². The molecule has 21 heavy (non-hydrogen) atoms. The average Bonchev–Trinajstić information content (AvgIpc) is 2.77. The first-order valence-corrected chi connectivity index (χ1v) is 8.52. The van der Waals surface area contributed by atoms with Gasteiger partial charge in [-0.15, -0.1) is 0 Å². The van der Waals surface area contributed by atoms with Crippen LogP contribution in [-0.4, -0.2) is 42.3 Å². The lowest BCUT2D eigenvalue weighted by Crippen LogP contribution is -2.41. The van der Waals surface area contributed by atoms with Gasteiger partial charge < -0.3 is 9.31 Å². The molecule has 9 heteroatoms. The van der Waals surface area contributed by atoms with Crippen LogP contribution in [0.3, 0.4) is 0 Å². The van der Waals surface area contributed by atoms with Gasteiger partial charge >= 0.3 is 7.12 Å². The maximum atomic E-state index is 11.8. The van der Waals surface area contributed by atoms with Crippen molar-refractivity contribution < 1.29 is 17.7 Å². The lowest BCUT2D eigenvalue weighted by atomic mass is 9.81. The predicted octanol–water partition coefficient (Wildman–Crippen LogP) is 0.481. The molecule has 0 amide bonds. The summed E-state index contributed by atoms with van der Waals surface area (Å²) >= 11 is 0. The Hall–Kier alpha value is -1.06. The summed E-state index contributed by atoms with van der Waals surface area (Å²) in [5.41, 5.74) is -0.406. The van der Waals surface area contributed by atoms with E-state index in [9.17, 15) is 8.42 Å². The zero-order valence-electron chi connectivity index (χ0n) is 13.3. The van der Waals surface area contributed by atoms with Crippen LogP contribution in [0.2, 0.25) is 0 Å². The summed E-state index contributed by atoms with van der Waals surface area (Å²) in [5, 5.41) is 4.15. The summed E-state index contributed by atoms with van der Waals surface area (Å²) in [6.07, 6.45) is 1.70. The summed E-state index contributed by atoms with van der Waals surface area (Å²) in [7, 11) is -2.34. The van der Waals surface area contributed by atoms with Crippen molar-refractivity contribution in [2.75, 3.05) is 10.5 Å². The molecule has 0 spiro atoms. The summed E-state index contributed by atoms with van der Waals surface area (Å²) < 4.78 is 39.4. The molecule has 1 N–H and O–H groups in total. The van der Waals surface area contributed by atoms with Crippen molar-refractivity contribution in [3.05, 3.63) is 6.20 Å². The van der Waals surface area contributed by atoms with Crippen LogP contribution in [0.25, 0.3) is 0 Å². The van der Waals surface area contributed by atoms with Gasteiger partial charge in [0.25, 0.3) is 0 Å². The number of nitrogens with zero attached hydrogens (tertiary/aromatic N) is 2. The molecule has 0 aliphatic carbocycles. The minimum absolute atomic E-state index is 0.0214. The Balaban J connectivity index is 2.34. The van der Waals surface area contributed by atoms with Crippen LogP contribution in [0.5, 0.6) is 0 Å². The van der Waals surface area contributed by atoms with E-state index in [0.717, 1.165) is 0 Å². The Morgan fingerprint density at radius 1 is 1.29 bits per heavy atom. The summed E-state index contributed by atoms with van der Waals surface area (Å²) in [6.45, 7) is 9.34. The zero-order valence-corrected chi connectivity index (χ0v) is 14.1. The van der Waals surface area contributed by atoms with Crippen LogP contribution in [0.15, 0.2) is 6.20 Å². The minimum atomic E-state index is -3.41. The normalized spacial score (nSPS) is 20.8. The highest BCUT2D eigenvalue weighted by Crippen LogP contribution is 2.36. The molecule has 7 nitrogen and oxygen atoms in total. The molecule has 0 aromatic carbocycles. The second-order valence-corrected chi connectivity index (χ2v) is 8.21. The van der Waals surface area contributed by atoms with Gasteiger partial charge in [-0.3, -0.25) is 9.40 Å². The van der Waals surface area contributed by atoms with Gasteiger partial charge in [0.2, 0.25) is 10.0 Å². The maximum Gasteiger partial charge on any atom is 0.500 e. The lowest BCUT2D eigenvalue weighted by molar-refractivity contribution is 0.00578. The third-order valence-corrected chi connectivity index (χ3v) is 5.26. The Kier molecular flexibility index (Phi) is 3.88. The molecule has 2 heterocycles. The van der Waals surface area contributed by atoms with Crippen LogP contribution in [0.4, 0.5) is 5.82 Å². The average molecular weight is 315 g/mol. The standard InChI is InChI=1S/C12H22BN3O4S/c1-7-21(17,18)15-10-9(8-16(6)14-10)13-19-11(2,3)12(4,5)20-13/h8H,7H2,1-6H3,(H,14,15). The highest BCUT2D eigenvalue weighted by atomic mass is 32.2. The Bertz CT molecular complexity index is 623. The number of nitrogens with one attached hydrogen (secondary N) is 1. The molecule has 118 valence electrons. The van der Waals surface area contributed by atoms with Crippen molar-refractivity contribution in [1.29, 1.82) is 0 Å².